The first-order valence-corrected chi connectivity index (χ1v) is 8.53. The molecular weight excluding hydrogens is 272 g/mol. The largest absolute Gasteiger partial charge is 0.356 e. The molecule has 2 aromatic heterocycles. The lowest BCUT2D eigenvalue weighted by atomic mass is 10.1. The van der Waals surface area contributed by atoms with Crippen molar-refractivity contribution in [1.82, 2.24) is 14.8 Å². The molecule has 2 unspecified atom stereocenters. The van der Waals surface area contributed by atoms with Crippen molar-refractivity contribution >= 4 is 5.82 Å². The van der Waals surface area contributed by atoms with Gasteiger partial charge in [-0.15, -0.1) is 0 Å². The molecule has 2 atom stereocenters. The summed E-state index contributed by atoms with van der Waals surface area (Å²) in [5, 5.41) is 4.59. The maximum absolute atomic E-state index is 4.94. The molecule has 4 rings (SSSR count). The molecule has 4 heteroatoms. The Bertz CT molecular complexity index is 665. The van der Waals surface area contributed by atoms with Crippen LogP contribution in [0, 0.1) is 11.8 Å². The van der Waals surface area contributed by atoms with Crippen molar-refractivity contribution in [2.75, 3.05) is 18.0 Å². The second-order valence-corrected chi connectivity index (χ2v) is 6.63. The summed E-state index contributed by atoms with van der Waals surface area (Å²) in [4.78, 5) is 7.41. The van der Waals surface area contributed by atoms with Gasteiger partial charge in [0, 0.05) is 37.9 Å². The summed E-state index contributed by atoms with van der Waals surface area (Å²) in [6.07, 6.45) is 5.36. The second kappa shape index (κ2) is 5.41. The van der Waals surface area contributed by atoms with Crippen LogP contribution in [0.25, 0.3) is 0 Å². The SMILES string of the molecule is CCc1nc(N2CC3CC3C2)ccc1Cc1ccn(CC)n1. The van der Waals surface area contributed by atoms with Crippen LogP contribution in [0.3, 0.4) is 0 Å². The number of anilines is 1. The predicted molar refractivity (Wildman–Crippen MR) is 88.1 cm³/mol. The van der Waals surface area contributed by atoms with E-state index in [1.807, 2.05) is 4.68 Å². The highest BCUT2D eigenvalue weighted by atomic mass is 15.3. The number of nitrogens with zero attached hydrogens (tertiary/aromatic N) is 4. The highest BCUT2D eigenvalue weighted by Crippen LogP contribution is 2.45. The molecule has 116 valence electrons. The van der Waals surface area contributed by atoms with E-state index in [0.717, 1.165) is 36.9 Å². The molecule has 0 spiro atoms. The summed E-state index contributed by atoms with van der Waals surface area (Å²) < 4.78 is 1.99. The minimum absolute atomic E-state index is 0.884. The lowest BCUT2D eigenvalue weighted by Crippen LogP contribution is -2.23. The molecule has 0 amide bonds. The zero-order valence-corrected chi connectivity index (χ0v) is 13.5. The van der Waals surface area contributed by atoms with Crippen LogP contribution < -0.4 is 4.90 Å². The average Bonchev–Trinajstić information content (AvgIpc) is 2.97. The summed E-state index contributed by atoms with van der Waals surface area (Å²) in [5.41, 5.74) is 3.68. The third-order valence-electron chi connectivity index (χ3n) is 5.08. The Hall–Kier alpha value is -1.84. The lowest BCUT2D eigenvalue weighted by molar-refractivity contribution is 0.649. The Balaban J connectivity index is 1.54. The monoisotopic (exact) mass is 296 g/mol. The van der Waals surface area contributed by atoms with Crippen LogP contribution in [0.5, 0.6) is 0 Å². The van der Waals surface area contributed by atoms with E-state index in [0.29, 0.717) is 0 Å². The van der Waals surface area contributed by atoms with E-state index in [-0.39, 0.29) is 0 Å². The quantitative estimate of drug-likeness (QED) is 0.851. The Morgan fingerprint density at radius 1 is 1.14 bits per heavy atom. The van der Waals surface area contributed by atoms with Crippen LogP contribution in [0.4, 0.5) is 5.82 Å². The zero-order valence-electron chi connectivity index (χ0n) is 13.5. The summed E-state index contributed by atoms with van der Waals surface area (Å²) in [6.45, 7) is 7.66. The number of hydrogen-bond acceptors (Lipinski definition) is 3. The van der Waals surface area contributed by atoms with Crippen LogP contribution in [0.1, 0.15) is 37.2 Å². The molecule has 1 aliphatic carbocycles. The molecule has 0 bridgehead atoms. The standard InChI is InChI=1S/C18H24N4/c1-3-17-13(10-16-7-8-22(4-2)20-16)5-6-18(19-17)21-11-14-9-15(14)12-21/h5-8,14-15H,3-4,9-12H2,1-2H3. The molecule has 0 aromatic carbocycles. The van der Waals surface area contributed by atoms with Crippen LogP contribution in [-0.2, 0) is 19.4 Å². The maximum atomic E-state index is 4.94. The minimum Gasteiger partial charge on any atom is -0.356 e. The number of pyridine rings is 1. The number of hydrogen-bond donors (Lipinski definition) is 0. The van der Waals surface area contributed by atoms with Gasteiger partial charge in [0.2, 0.25) is 0 Å². The van der Waals surface area contributed by atoms with Gasteiger partial charge in [-0.25, -0.2) is 4.98 Å². The zero-order chi connectivity index (χ0) is 15.1. The van der Waals surface area contributed by atoms with Gasteiger partial charge in [-0.3, -0.25) is 4.68 Å². The molecule has 3 heterocycles. The van der Waals surface area contributed by atoms with Gasteiger partial charge in [-0.2, -0.15) is 5.10 Å². The molecule has 0 radical (unpaired) electrons. The maximum Gasteiger partial charge on any atom is 0.128 e. The summed E-state index contributed by atoms with van der Waals surface area (Å²) in [6, 6.07) is 6.58. The van der Waals surface area contributed by atoms with Crippen LogP contribution >= 0.6 is 0 Å². The average molecular weight is 296 g/mol. The molecule has 4 nitrogen and oxygen atoms in total. The molecule has 22 heavy (non-hydrogen) atoms. The van der Waals surface area contributed by atoms with Crippen molar-refractivity contribution in [3.63, 3.8) is 0 Å². The van der Waals surface area contributed by atoms with E-state index in [4.69, 9.17) is 4.98 Å². The van der Waals surface area contributed by atoms with Crippen molar-refractivity contribution in [3.8, 4) is 0 Å². The van der Waals surface area contributed by atoms with Gasteiger partial charge in [0.25, 0.3) is 0 Å². The van der Waals surface area contributed by atoms with Gasteiger partial charge in [0.1, 0.15) is 5.82 Å². The normalized spacial score (nSPS) is 22.9. The fourth-order valence-electron chi connectivity index (χ4n) is 3.62. The lowest BCUT2D eigenvalue weighted by Gasteiger charge is -2.20. The Morgan fingerprint density at radius 3 is 2.64 bits per heavy atom. The molecule has 2 aromatic rings. The Labute approximate surface area is 132 Å². The third kappa shape index (κ3) is 2.51. The highest BCUT2D eigenvalue weighted by molar-refractivity contribution is 5.45. The molecule has 0 N–H and O–H groups in total. The first-order chi connectivity index (χ1) is 10.8. The van der Waals surface area contributed by atoms with Gasteiger partial charge in [-0.1, -0.05) is 13.0 Å². The number of aromatic nitrogens is 3. The number of aryl methyl sites for hydroxylation is 2. The summed E-state index contributed by atoms with van der Waals surface area (Å²) >= 11 is 0. The molecule has 2 fully saturated rings. The Kier molecular flexibility index (Phi) is 3.40. The van der Waals surface area contributed by atoms with Crippen LogP contribution in [-0.4, -0.2) is 27.9 Å². The minimum atomic E-state index is 0.884. The van der Waals surface area contributed by atoms with E-state index >= 15 is 0 Å². The van der Waals surface area contributed by atoms with Crippen LogP contribution in [0.2, 0.25) is 0 Å². The number of fused-ring (bicyclic) bond motifs is 1. The Morgan fingerprint density at radius 2 is 1.95 bits per heavy atom. The third-order valence-corrected chi connectivity index (χ3v) is 5.08. The molecule has 1 aliphatic heterocycles. The molecule has 2 aliphatic rings. The van der Waals surface area contributed by atoms with Gasteiger partial charge in [0.05, 0.1) is 5.69 Å². The second-order valence-electron chi connectivity index (χ2n) is 6.63. The number of piperidine rings is 1. The van der Waals surface area contributed by atoms with E-state index < -0.39 is 0 Å². The molecule has 1 saturated heterocycles. The van der Waals surface area contributed by atoms with E-state index in [2.05, 4.69) is 48.2 Å². The summed E-state index contributed by atoms with van der Waals surface area (Å²) in [5.74, 6) is 3.07. The van der Waals surface area contributed by atoms with Gasteiger partial charge >= 0.3 is 0 Å². The predicted octanol–water partition coefficient (Wildman–Crippen LogP) is 2.91. The van der Waals surface area contributed by atoms with E-state index in [9.17, 15) is 0 Å². The highest BCUT2D eigenvalue weighted by Gasteiger charge is 2.45. The molecular formula is C18H24N4. The van der Waals surface area contributed by atoms with Crippen molar-refractivity contribution < 1.29 is 0 Å². The fourth-order valence-corrected chi connectivity index (χ4v) is 3.62. The van der Waals surface area contributed by atoms with Gasteiger partial charge < -0.3 is 4.90 Å². The van der Waals surface area contributed by atoms with Gasteiger partial charge in [0.15, 0.2) is 0 Å². The summed E-state index contributed by atoms with van der Waals surface area (Å²) in [7, 11) is 0. The van der Waals surface area contributed by atoms with Crippen molar-refractivity contribution in [1.29, 1.82) is 0 Å². The smallest absolute Gasteiger partial charge is 0.128 e. The fraction of sp³-hybridized carbons (Fsp3) is 0.556. The first-order valence-electron chi connectivity index (χ1n) is 8.53. The van der Waals surface area contributed by atoms with Crippen molar-refractivity contribution in [2.24, 2.45) is 11.8 Å². The first kappa shape index (κ1) is 13.8. The number of rotatable bonds is 5. The van der Waals surface area contributed by atoms with E-state index in [1.165, 1.54) is 36.6 Å². The van der Waals surface area contributed by atoms with Crippen LogP contribution in [0.15, 0.2) is 24.4 Å². The molecule has 1 saturated carbocycles. The van der Waals surface area contributed by atoms with E-state index in [1.54, 1.807) is 0 Å². The van der Waals surface area contributed by atoms with Crippen molar-refractivity contribution in [2.45, 2.75) is 39.7 Å². The topological polar surface area (TPSA) is 34.0 Å². The van der Waals surface area contributed by atoms with Crippen molar-refractivity contribution in [3.05, 3.63) is 41.3 Å². The van der Waals surface area contributed by atoms with Gasteiger partial charge in [-0.05, 0) is 49.3 Å².